The Bertz CT molecular complexity index is 499. The third-order valence-electron chi connectivity index (χ3n) is 2.67. The molecule has 0 fully saturated rings. The molecule has 0 spiro atoms. The van der Waals surface area contributed by atoms with Gasteiger partial charge in [0, 0.05) is 9.75 Å². The molecule has 98 valence electrons. The molecule has 2 aromatic heterocycles. The summed E-state index contributed by atoms with van der Waals surface area (Å²) in [6.45, 7) is 5.16. The summed E-state index contributed by atoms with van der Waals surface area (Å²) in [5.41, 5.74) is 1.13. The second-order valence-corrected chi connectivity index (χ2v) is 7.17. The minimum absolute atomic E-state index is 0.161. The molecule has 5 heteroatoms. The Kier molecular flexibility index (Phi) is 5.10. The van der Waals surface area contributed by atoms with E-state index in [1.165, 1.54) is 9.75 Å². The molecule has 0 amide bonds. The number of nitrogens with one attached hydrogen (secondary N) is 1. The van der Waals surface area contributed by atoms with E-state index in [9.17, 15) is 0 Å². The van der Waals surface area contributed by atoms with Crippen LogP contribution in [0.2, 0.25) is 9.36 Å². The average molecular weight is 320 g/mol. The predicted molar refractivity (Wildman–Crippen MR) is 83.5 cm³/mol. The summed E-state index contributed by atoms with van der Waals surface area (Å²) in [5, 5.41) is 6.40. The summed E-state index contributed by atoms with van der Waals surface area (Å²) in [5.74, 6) is 0. The maximum Gasteiger partial charge on any atom is 0.0961 e. The molecule has 0 aliphatic carbocycles. The minimum Gasteiger partial charge on any atom is -0.305 e. The number of rotatable bonds is 5. The Labute approximate surface area is 126 Å². The molecule has 1 nitrogen and oxygen atoms in total. The van der Waals surface area contributed by atoms with E-state index in [0.29, 0.717) is 0 Å². The van der Waals surface area contributed by atoms with Crippen LogP contribution in [0.5, 0.6) is 0 Å². The zero-order valence-corrected chi connectivity index (χ0v) is 13.4. The van der Waals surface area contributed by atoms with Gasteiger partial charge in [0.25, 0.3) is 0 Å². The smallest absolute Gasteiger partial charge is 0.0961 e. The monoisotopic (exact) mass is 319 g/mol. The standard InChI is InChI=1S/C13H15Cl2NS2/c1-3-5-16-11(12-9(14)4-6-17-12)10-7-8(2)13(15)18-10/h4,6-7,11,16H,3,5H2,1-2H3. The van der Waals surface area contributed by atoms with Crippen LogP contribution in [-0.2, 0) is 0 Å². The Morgan fingerprint density at radius 3 is 2.67 bits per heavy atom. The molecule has 1 unspecified atom stereocenters. The van der Waals surface area contributed by atoms with Crippen LogP contribution in [-0.4, -0.2) is 6.54 Å². The fourth-order valence-electron chi connectivity index (χ4n) is 1.75. The van der Waals surface area contributed by atoms with E-state index in [4.69, 9.17) is 23.2 Å². The van der Waals surface area contributed by atoms with Crippen molar-refractivity contribution in [3.8, 4) is 0 Å². The molecule has 0 saturated carbocycles. The second-order valence-electron chi connectivity index (χ2n) is 4.13. The van der Waals surface area contributed by atoms with E-state index in [0.717, 1.165) is 27.9 Å². The molecule has 2 aromatic rings. The summed E-state index contributed by atoms with van der Waals surface area (Å²) in [7, 11) is 0. The molecular formula is C13H15Cl2NS2. The molecular weight excluding hydrogens is 305 g/mol. The van der Waals surface area contributed by atoms with E-state index >= 15 is 0 Å². The van der Waals surface area contributed by atoms with Crippen molar-refractivity contribution in [2.45, 2.75) is 26.3 Å². The Hall–Kier alpha value is -0.0600. The van der Waals surface area contributed by atoms with Crippen molar-refractivity contribution in [3.05, 3.63) is 42.2 Å². The lowest BCUT2D eigenvalue weighted by molar-refractivity contribution is 0.613. The van der Waals surface area contributed by atoms with E-state index in [1.54, 1.807) is 22.7 Å². The first-order valence-corrected chi connectivity index (χ1v) is 8.30. The Morgan fingerprint density at radius 2 is 2.17 bits per heavy atom. The van der Waals surface area contributed by atoms with Gasteiger partial charge >= 0.3 is 0 Å². The van der Waals surface area contributed by atoms with Gasteiger partial charge in [-0.05, 0) is 43.0 Å². The molecule has 2 heterocycles. The number of hydrogen-bond acceptors (Lipinski definition) is 3. The van der Waals surface area contributed by atoms with Gasteiger partial charge in [0.05, 0.1) is 15.4 Å². The van der Waals surface area contributed by atoms with Gasteiger partial charge in [-0.15, -0.1) is 22.7 Å². The number of halogens is 2. The van der Waals surface area contributed by atoms with Crippen molar-refractivity contribution >= 4 is 45.9 Å². The molecule has 0 aliphatic heterocycles. The fourth-order valence-corrected chi connectivity index (χ4v) is 4.38. The summed E-state index contributed by atoms with van der Waals surface area (Å²) < 4.78 is 0.862. The topological polar surface area (TPSA) is 12.0 Å². The number of thiophene rings is 2. The van der Waals surface area contributed by atoms with E-state index < -0.39 is 0 Å². The highest BCUT2D eigenvalue weighted by Gasteiger charge is 2.20. The zero-order chi connectivity index (χ0) is 13.1. The summed E-state index contributed by atoms with van der Waals surface area (Å²) >= 11 is 15.7. The lowest BCUT2D eigenvalue weighted by Crippen LogP contribution is -2.21. The van der Waals surface area contributed by atoms with Crippen LogP contribution < -0.4 is 5.32 Å². The van der Waals surface area contributed by atoms with E-state index in [-0.39, 0.29) is 6.04 Å². The highest BCUT2D eigenvalue weighted by Crippen LogP contribution is 2.38. The molecule has 0 radical (unpaired) electrons. The van der Waals surface area contributed by atoms with Gasteiger partial charge in [-0.25, -0.2) is 0 Å². The summed E-state index contributed by atoms with van der Waals surface area (Å²) in [4.78, 5) is 2.40. The highest BCUT2D eigenvalue weighted by atomic mass is 35.5. The van der Waals surface area contributed by atoms with Gasteiger partial charge in [-0.2, -0.15) is 0 Å². The van der Waals surface area contributed by atoms with Gasteiger partial charge in [-0.1, -0.05) is 30.1 Å². The van der Waals surface area contributed by atoms with Crippen molar-refractivity contribution in [3.63, 3.8) is 0 Å². The third-order valence-corrected chi connectivity index (χ3v) is 5.71. The van der Waals surface area contributed by atoms with Gasteiger partial charge in [0.1, 0.15) is 0 Å². The van der Waals surface area contributed by atoms with Gasteiger partial charge in [-0.3, -0.25) is 0 Å². The quantitative estimate of drug-likeness (QED) is 0.765. The highest BCUT2D eigenvalue weighted by molar-refractivity contribution is 7.16. The summed E-state index contributed by atoms with van der Waals surface area (Å²) in [6, 6.07) is 4.26. The first kappa shape index (κ1) is 14.4. The molecule has 1 N–H and O–H groups in total. The summed E-state index contributed by atoms with van der Waals surface area (Å²) in [6.07, 6.45) is 1.09. The maximum absolute atomic E-state index is 6.25. The van der Waals surface area contributed by atoms with Crippen LogP contribution in [0.15, 0.2) is 17.5 Å². The van der Waals surface area contributed by atoms with Crippen LogP contribution in [0.1, 0.15) is 34.7 Å². The van der Waals surface area contributed by atoms with Crippen molar-refractivity contribution < 1.29 is 0 Å². The predicted octanol–water partition coefficient (Wildman–Crippen LogP) is 5.51. The van der Waals surface area contributed by atoms with E-state index in [2.05, 4.69) is 18.3 Å². The largest absolute Gasteiger partial charge is 0.305 e. The lowest BCUT2D eigenvalue weighted by atomic mass is 10.2. The average Bonchev–Trinajstić information content (AvgIpc) is 2.88. The Balaban J connectivity index is 2.33. The molecule has 0 bridgehead atoms. The van der Waals surface area contributed by atoms with Crippen LogP contribution in [0.25, 0.3) is 0 Å². The Morgan fingerprint density at radius 1 is 1.39 bits per heavy atom. The lowest BCUT2D eigenvalue weighted by Gasteiger charge is -2.16. The van der Waals surface area contributed by atoms with Crippen LogP contribution in [0, 0.1) is 6.92 Å². The number of hydrogen-bond donors (Lipinski definition) is 1. The van der Waals surface area contributed by atoms with Crippen molar-refractivity contribution in [2.75, 3.05) is 6.54 Å². The number of aryl methyl sites for hydroxylation is 1. The minimum atomic E-state index is 0.161. The second kappa shape index (κ2) is 6.40. The van der Waals surface area contributed by atoms with Crippen molar-refractivity contribution in [1.29, 1.82) is 0 Å². The molecule has 18 heavy (non-hydrogen) atoms. The normalized spacial score (nSPS) is 12.9. The first-order valence-electron chi connectivity index (χ1n) is 5.85. The maximum atomic E-state index is 6.25. The first-order chi connectivity index (χ1) is 8.63. The van der Waals surface area contributed by atoms with Gasteiger partial charge < -0.3 is 5.32 Å². The van der Waals surface area contributed by atoms with E-state index in [1.807, 2.05) is 18.4 Å². The van der Waals surface area contributed by atoms with Gasteiger partial charge in [0.2, 0.25) is 0 Å². The van der Waals surface area contributed by atoms with Crippen LogP contribution in [0.3, 0.4) is 0 Å². The zero-order valence-electron chi connectivity index (χ0n) is 10.3. The fraction of sp³-hybridized carbons (Fsp3) is 0.385. The molecule has 0 aliphatic rings. The molecule has 2 rings (SSSR count). The van der Waals surface area contributed by atoms with Crippen molar-refractivity contribution in [1.82, 2.24) is 5.32 Å². The van der Waals surface area contributed by atoms with Crippen LogP contribution >= 0.6 is 45.9 Å². The van der Waals surface area contributed by atoms with Crippen molar-refractivity contribution in [2.24, 2.45) is 0 Å². The van der Waals surface area contributed by atoms with Crippen LogP contribution in [0.4, 0.5) is 0 Å². The third kappa shape index (κ3) is 3.09. The molecule has 0 aromatic carbocycles. The van der Waals surface area contributed by atoms with Gasteiger partial charge in [0.15, 0.2) is 0 Å². The SMILES string of the molecule is CCCNC(c1cc(C)c(Cl)s1)c1sccc1Cl. The molecule has 1 atom stereocenters. The molecule has 0 saturated heterocycles.